The first kappa shape index (κ1) is 18.2. The third-order valence-electron chi connectivity index (χ3n) is 5.48. The summed E-state index contributed by atoms with van der Waals surface area (Å²) in [5.74, 6) is -0.776. The number of hydrogen-bond acceptors (Lipinski definition) is 3. The van der Waals surface area contributed by atoms with E-state index in [1.165, 1.54) is 0 Å². The maximum atomic E-state index is 12.6. The predicted octanol–water partition coefficient (Wildman–Crippen LogP) is 1.87. The Hall–Kier alpha value is -1.10. The molecule has 132 valence electrons. The summed E-state index contributed by atoms with van der Waals surface area (Å²) in [4.78, 5) is 28.8. The molecule has 0 aromatic rings. The molecule has 23 heavy (non-hydrogen) atoms. The zero-order valence-electron chi connectivity index (χ0n) is 15.4. The molecule has 2 aliphatic rings. The number of likely N-dealkylation sites (tertiary alicyclic amines) is 1. The third kappa shape index (κ3) is 4.25. The number of carbonyl (C=O) groups is 2. The van der Waals surface area contributed by atoms with Crippen LogP contribution in [0, 0.1) is 10.8 Å². The largest absolute Gasteiger partial charge is 0.347 e. The highest BCUT2D eigenvalue weighted by Gasteiger charge is 2.51. The third-order valence-corrected chi connectivity index (χ3v) is 5.48. The van der Waals surface area contributed by atoms with E-state index >= 15 is 0 Å². The van der Waals surface area contributed by atoms with Gasteiger partial charge in [-0.15, -0.1) is 0 Å². The van der Waals surface area contributed by atoms with Crippen LogP contribution in [0.4, 0.5) is 0 Å². The van der Waals surface area contributed by atoms with Crippen molar-refractivity contribution in [2.75, 3.05) is 32.7 Å². The first-order valence-electron chi connectivity index (χ1n) is 9.01. The van der Waals surface area contributed by atoms with Crippen LogP contribution in [0.2, 0.25) is 0 Å². The Morgan fingerprint density at radius 2 is 1.83 bits per heavy atom. The highest BCUT2D eigenvalue weighted by Crippen LogP contribution is 2.52. The first-order valence-corrected chi connectivity index (χ1v) is 9.01. The number of amides is 2. The molecule has 2 atom stereocenters. The first-order chi connectivity index (χ1) is 10.7. The Balaban J connectivity index is 1.89. The number of nitrogens with one attached hydrogen (secondary N) is 1. The molecule has 2 amide bonds. The van der Waals surface area contributed by atoms with Crippen molar-refractivity contribution in [2.24, 2.45) is 10.8 Å². The van der Waals surface area contributed by atoms with Crippen molar-refractivity contribution in [3.8, 4) is 0 Å². The lowest BCUT2D eigenvalue weighted by atomic mass is 9.65. The predicted molar refractivity (Wildman–Crippen MR) is 92.0 cm³/mol. The summed E-state index contributed by atoms with van der Waals surface area (Å²) in [7, 11) is 0. The molecule has 1 aliphatic heterocycles. The molecule has 0 aromatic heterocycles. The van der Waals surface area contributed by atoms with Gasteiger partial charge >= 0.3 is 11.8 Å². The summed E-state index contributed by atoms with van der Waals surface area (Å²) >= 11 is 0. The van der Waals surface area contributed by atoms with Crippen LogP contribution >= 0.6 is 0 Å². The normalized spacial score (nSPS) is 29.0. The monoisotopic (exact) mass is 323 g/mol. The highest BCUT2D eigenvalue weighted by molar-refractivity contribution is 6.35. The van der Waals surface area contributed by atoms with E-state index in [9.17, 15) is 9.59 Å². The minimum absolute atomic E-state index is 0.170. The summed E-state index contributed by atoms with van der Waals surface area (Å²) in [6.45, 7) is 15.0. The second kappa shape index (κ2) is 6.80. The van der Waals surface area contributed by atoms with Gasteiger partial charge in [-0.25, -0.2) is 0 Å². The Bertz CT molecular complexity index is 459. The molecule has 0 spiro atoms. The van der Waals surface area contributed by atoms with E-state index in [1.807, 2.05) is 4.90 Å². The lowest BCUT2D eigenvalue weighted by Gasteiger charge is -2.39. The SMILES string of the molecule is CCN(CC)CCNC(=O)C(=O)N1CC2(C)CC1CC(C)(C)C2. The fraction of sp³-hybridized carbons (Fsp3) is 0.889. The van der Waals surface area contributed by atoms with E-state index in [1.54, 1.807) is 0 Å². The number of hydrogen-bond donors (Lipinski definition) is 1. The van der Waals surface area contributed by atoms with Crippen molar-refractivity contribution in [3.05, 3.63) is 0 Å². The number of fused-ring (bicyclic) bond motifs is 2. The number of rotatable bonds is 5. The standard InChI is InChI=1S/C18H33N3O2/c1-6-20(7-2)9-8-19-15(22)16(23)21-13-18(5)11-14(21)10-17(3,4)12-18/h14H,6-13H2,1-5H3,(H,19,22). The van der Waals surface area contributed by atoms with E-state index in [2.05, 4.69) is 44.8 Å². The summed E-state index contributed by atoms with van der Waals surface area (Å²) in [5.41, 5.74) is 0.426. The zero-order valence-corrected chi connectivity index (χ0v) is 15.4. The summed E-state index contributed by atoms with van der Waals surface area (Å²) in [5, 5.41) is 2.80. The van der Waals surface area contributed by atoms with E-state index in [0.29, 0.717) is 6.54 Å². The second-order valence-electron chi connectivity index (χ2n) is 8.43. The van der Waals surface area contributed by atoms with E-state index in [-0.39, 0.29) is 22.8 Å². The van der Waals surface area contributed by atoms with Crippen LogP contribution in [0.25, 0.3) is 0 Å². The van der Waals surface area contributed by atoms with Crippen molar-refractivity contribution < 1.29 is 9.59 Å². The lowest BCUT2D eigenvalue weighted by molar-refractivity contribution is -0.146. The molecule has 1 aliphatic carbocycles. The van der Waals surface area contributed by atoms with Crippen molar-refractivity contribution in [1.82, 2.24) is 15.1 Å². The fourth-order valence-corrected chi connectivity index (χ4v) is 4.77. The van der Waals surface area contributed by atoms with Crippen LogP contribution in [-0.4, -0.2) is 60.4 Å². The van der Waals surface area contributed by atoms with Crippen molar-refractivity contribution in [3.63, 3.8) is 0 Å². The molecule has 5 nitrogen and oxygen atoms in total. The molecule has 5 heteroatoms. The Morgan fingerprint density at radius 1 is 1.17 bits per heavy atom. The van der Waals surface area contributed by atoms with Gasteiger partial charge in [-0.05, 0) is 43.2 Å². The molecule has 2 fully saturated rings. The van der Waals surface area contributed by atoms with E-state index < -0.39 is 5.91 Å². The van der Waals surface area contributed by atoms with Gasteiger partial charge in [-0.1, -0.05) is 34.6 Å². The van der Waals surface area contributed by atoms with Crippen LogP contribution in [0.1, 0.15) is 53.9 Å². The van der Waals surface area contributed by atoms with Gasteiger partial charge in [0.15, 0.2) is 0 Å². The van der Waals surface area contributed by atoms with E-state index in [0.717, 1.165) is 45.4 Å². The molecule has 1 heterocycles. The van der Waals surface area contributed by atoms with Crippen LogP contribution in [0.5, 0.6) is 0 Å². The number of carbonyl (C=O) groups excluding carboxylic acids is 2. The molecule has 0 radical (unpaired) electrons. The Morgan fingerprint density at radius 3 is 2.43 bits per heavy atom. The maximum Gasteiger partial charge on any atom is 0.312 e. The summed E-state index contributed by atoms with van der Waals surface area (Å²) in [6.07, 6.45) is 3.17. The molecular weight excluding hydrogens is 290 g/mol. The van der Waals surface area contributed by atoms with Gasteiger partial charge in [-0.2, -0.15) is 0 Å². The Labute approximate surface area is 140 Å². The number of nitrogens with zero attached hydrogens (tertiary/aromatic N) is 2. The van der Waals surface area contributed by atoms with Gasteiger partial charge in [0.1, 0.15) is 0 Å². The molecule has 1 saturated heterocycles. The average molecular weight is 323 g/mol. The van der Waals surface area contributed by atoms with Gasteiger partial charge < -0.3 is 15.1 Å². The second-order valence-corrected chi connectivity index (χ2v) is 8.43. The van der Waals surface area contributed by atoms with Crippen molar-refractivity contribution in [1.29, 1.82) is 0 Å². The van der Waals surface area contributed by atoms with Crippen LogP contribution < -0.4 is 5.32 Å². The molecular formula is C18H33N3O2. The summed E-state index contributed by atoms with van der Waals surface area (Å²) in [6, 6.07) is 0.227. The van der Waals surface area contributed by atoms with Gasteiger partial charge in [0.2, 0.25) is 0 Å². The quantitative estimate of drug-likeness (QED) is 0.786. The molecule has 1 N–H and O–H groups in total. The van der Waals surface area contributed by atoms with Crippen molar-refractivity contribution >= 4 is 11.8 Å². The van der Waals surface area contributed by atoms with Gasteiger partial charge in [0, 0.05) is 25.7 Å². The topological polar surface area (TPSA) is 52.7 Å². The minimum Gasteiger partial charge on any atom is -0.347 e. The molecule has 0 aromatic carbocycles. The molecule has 2 unspecified atom stereocenters. The Kier molecular flexibility index (Phi) is 5.39. The maximum absolute atomic E-state index is 12.6. The lowest BCUT2D eigenvalue weighted by Crippen LogP contribution is -2.47. The smallest absolute Gasteiger partial charge is 0.312 e. The van der Waals surface area contributed by atoms with Crippen LogP contribution in [-0.2, 0) is 9.59 Å². The summed E-state index contributed by atoms with van der Waals surface area (Å²) < 4.78 is 0. The average Bonchev–Trinajstić information content (AvgIpc) is 2.71. The van der Waals surface area contributed by atoms with Gasteiger partial charge in [-0.3, -0.25) is 9.59 Å². The fourth-order valence-electron chi connectivity index (χ4n) is 4.77. The molecule has 2 bridgehead atoms. The zero-order chi connectivity index (χ0) is 17.3. The molecule has 1 saturated carbocycles. The van der Waals surface area contributed by atoms with Crippen LogP contribution in [0.3, 0.4) is 0 Å². The number of likely N-dealkylation sites (N-methyl/N-ethyl adjacent to an activating group) is 1. The van der Waals surface area contributed by atoms with Gasteiger partial charge in [0.05, 0.1) is 0 Å². The van der Waals surface area contributed by atoms with Gasteiger partial charge in [0.25, 0.3) is 0 Å². The minimum atomic E-state index is -0.439. The van der Waals surface area contributed by atoms with E-state index in [4.69, 9.17) is 0 Å². The highest BCUT2D eigenvalue weighted by atomic mass is 16.2. The van der Waals surface area contributed by atoms with Crippen LogP contribution in [0.15, 0.2) is 0 Å². The molecule has 2 rings (SSSR count). The van der Waals surface area contributed by atoms with Crippen molar-refractivity contribution in [2.45, 2.75) is 59.9 Å².